The van der Waals surface area contributed by atoms with Gasteiger partial charge < -0.3 is 5.32 Å². The second-order valence-electron chi connectivity index (χ2n) is 3.23. The van der Waals surface area contributed by atoms with Crippen LogP contribution in [0, 0.1) is 0 Å². The number of unbranched alkanes of at least 4 members (excludes halogenated alkanes) is 1. The van der Waals surface area contributed by atoms with Crippen LogP contribution in [0.15, 0.2) is 12.7 Å². The van der Waals surface area contributed by atoms with Gasteiger partial charge in [0.15, 0.2) is 5.78 Å². The lowest BCUT2D eigenvalue weighted by Gasteiger charge is -2.21. The molecule has 1 aliphatic rings. The molecule has 1 heterocycles. The highest BCUT2D eigenvalue weighted by Gasteiger charge is 2.19. The Kier molecular flexibility index (Phi) is 5.16. The van der Waals surface area contributed by atoms with Gasteiger partial charge >= 0.3 is 0 Å². The largest absolute Gasteiger partial charge is 0.306 e. The van der Waals surface area contributed by atoms with E-state index in [2.05, 4.69) is 11.9 Å². The van der Waals surface area contributed by atoms with Crippen LogP contribution >= 0.6 is 11.8 Å². The van der Waals surface area contributed by atoms with Gasteiger partial charge in [0.1, 0.15) is 0 Å². The van der Waals surface area contributed by atoms with Crippen molar-refractivity contribution < 1.29 is 4.79 Å². The number of thioether (sulfide) groups is 1. The fraction of sp³-hybridized carbons (Fsp3) is 0.700. The smallest absolute Gasteiger partial charge is 0.150 e. The van der Waals surface area contributed by atoms with Crippen LogP contribution in [0.3, 0.4) is 0 Å². The first kappa shape index (κ1) is 10.8. The standard InChI is InChI=1S/C10H17NOS/c1-2-3-4-5-10(12)9-8-13-7-6-11-9/h2,9,11H,1,3-8H2. The summed E-state index contributed by atoms with van der Waals surface area (Å²) < 4.78 is 0. The Morgan fingerprint density at radius 3 is 3.15 bits per heavy atom. The SMILES string of the molecule is C=CCCCC(=O)C1CSCCN1. The number of carbonyl (C=O) groups excluding carboxylic acids is 1. The number of rotatable bonds is 5. The summed E-state index contributed by atoms with van der Waals surface area (Å²) in [4.78, 5) is 11.6. The van der Waals surface area contributed by atoms with Crippen LogP contribution in [-0.2, 0) is 4.79 Å². The van der Waals surface area contributed by atoms with Crippen molar-refractivity contribution in [3.8, 4) is 0 Å². The molecule has 1 atom stereocenters. The van der Waals surface area contributed by atoms with Crippen LogP contribution in [0.25, 0.3) is 0 Å². The molecule has 3 heteroatoms. The fourth-order valence-electron chi connectivity index (χ4n) is 1.37. The molecule has 0 saturated carbocycles. The fourth-order valence-corrected chi connectivity index (χ4v) is 2.34. The molecular formula is C10H17NOS. The third kappa shape index (κ3) is 3.96. The molecule has 1 saturated heterocycles. The third-order valence-electron chi connectivity index (χ3n) is 2.14. The topological polar surface area (TPSA) is 29.1 Å². The average molecular weight is 199 g/mol. The first-order valence-corrected chi connectivity index (χ1v) is 5.95. The number of hydrogen-bond acceptors (Lipinski definition) is 3. The zero-order valence-electron chi connectivity index (χ0n) is 7.92. The number of hydrogen-bond donors (Lipinski definition) is 1. The number of carbonyl (C=O) groups is 1. The van der Waals surface area contributed by atoms with E-state index in [0.717, 1.165) is 30.9 Å². The van der Waals surface area contributed by atoms with Crippen LogP contribution in [0.2, 0.25) is 0 Å². The maximum Gasteiger partial charge on any atom is 0.150 e. The molecule has 0 spiro atoms. The zero-order chi connectivity index (χ0) is 9.52. The lowest BCUT2D eigenvalue weighted by Crippen LogP contribution is -2.43. The number of nitrogens with one attached hydrogen (secondary N) is 1. The maximum atomic E-state index is 11.6. The summed E-state index contributed by atoms with van der Waals surface area (Å²) in [5, 5.41) is 3.25. The van der Waals surface area contributed by atoms with E-state index in [1.165, 1.54) is 0 Å². The van der Waals surface area contributed by atoms with Crippen molar-refractivity contribution in [1.29, 1.82) is 0 Å². The molecule has 13 heavy (non-hydrogen) atoms. The molecule has 1 unspecified atom stereocenters. The summed E-state index contributed by atoms with van der Waals surface area (Å²) in [6.45, 7) is 4.61. The van der Waals surface area contributed by atoms with Crippen molar-refractivity contribution in [3.05, 3.63) is 12.7 Å². The predicted molar refractivity (Wildman–Crippen MR) is 58.2 cm³/mol. The summed E-state index contributed by atoms with van der Waals surface area (Å²) >= 11 is 1.87. The summed E-state index contributed by atoms with van der Waals surface area (Å²) in [5.74, 6) is 2.46. The lowest BCUT2D eigenvalue weighted by atomic mass is 10.1. The van der Waals surface area contributed by atoms with E-state index >= 15 is 0 Å². The zero-order valence-corrected chi connectivity index (χ0v) is 8.74. The molecule has 0 radical (unpaired) electrons. The average Bonchev–Trinajstić information content (AvgIpc) is 2.19. The molecule has 1 aliphatic heterocycles. The van der Waals surface area contributed by atoms with Gasteiger partial charge in [-0.15, -0.1) is 6.58 Å². The molecule has 74 valence electrons. The molecular weight excluding hydrogens is 182 g/mol. The van der Waals surface area contributed by atoms with Gasteiger partial charge in [-0.3, -0.25) is 4.79 Å². The first-order valence-electron chi connectivity index (χ1n) is 4.79. The second-order valence-corrected chi connectivity index (χ2v) is 4.38. The van der Waals surface area contributed by atoms with Gasteiger partial charge in [0, 0.05) is 24.5 Å². The van der Waals surface area contributed by atoms with E-state index in [9.17, 15) is 4.79 Å². The minimum absolute atomic E-state index is 0.114. The van der Waals surface area contributed by atoms with Crippen molar-refractivity contribution in [2.24, 2.45) is 0 Å². The van der Waals surface area contributed by atoms with E-state index in [1.54, 1.807) is 0 Å². The number of ketones is 1. The Hall–Kier alpha value is -0.280. The molecule has 0 bridgehead atoms. The summed E-state index contributed by atoms with van der Waals surface area (Å²) in [7, 11) is 0. The van der Waals surface area contributed by atoms with Crippen LogP contribution in [-0.4, -0.2) is 29.9 Å². The predicted octanol–water partition coefficient (Wildman–Crippen LogP) is 1.62. The molecule has 1 rings (SSSR count). The third-order valence-corrected chi connectivity index (χ3v) is 3.20. The highest BCUT2D eigenvalue weighted by Crippen LogP contribution is 2.10. The lowest BCUT2D eigenvalue weighted by molar-refractivity contribution is -0.120. The van der Waals surface area contributed by atoms with Gasteiger partial charge in [0.05, 0.1) is 6.04 Å². The normalized spacial score (nSPS) is 22.6. The van der Waals surface area contributed by atoms with Crippen molar-refractivity contribution >= 4 is 17.5 Å². The van der Waals surface area contributed by atoms with Crippen LogP contribution in [0.1, 0.15) is 19.3 Å². The van der Waals surface area contributed by atoms with Crippen LogP contribution in [0.5, 0.6) is 0 Å². The second kappa shape index (κ2) is 6.22. The van der Waals surface area contributed by atoms with E-state index < -0.39 is 0 Å². The minimum atomic E-state index is 0.114. The summed E-state index contributed by atoms with van der Waals surface area (Å²) in [5.41, 5.74) is 0. The Morgan fingerprint density at radius 2 is 2.54 bits per heavy atom. The Balaban J connectivity index is 2.17. The van der Waals surface area contributed by atoms with E-state index in [-0.39, 0.29) is 6.04 Å². The van der Waals surface area contributed by atoms with Crippen molar-refractivity contribution in [2.75, 3.05) is 18.1 Å². The van der Waals surface area contributed by atoms with Crippen molar-refractivity contribution in [1.82, 2.24) is 5.32 Å². The monoisotopic (exact) mass is 199 g/mol. The molecule has 1 N–H and O–H groups in total. The molecule has 1 fully saturated rings. The van der Waals surface area contributed by atoms with Gasteiger partial charge in [0.25, 0.3) is 0 Å². The first-order chi connectivity index (χ1) is 6.34. The van der Waals surface area contributed by atoms with Crippen molar-refractivity contribution in [2.45, 2.75) is 25.3 Å². The van der Waals surface area contributed by atoms with Crippen LogP contribution < -0.4 is 5.32 Å². The molecule has 0 aromatic heterocycles. The Labute approximate surface area is 84.2 Å². The molecule has 2 nitrogen and oxygen atoms in total. The molecule has 0 aromatic carbocycles. The Morgan fingerprint density at radius 1 is 1.69 bits per heavy atom. The molecule has 0 amide bonds. The van der Waals surface area contributed by atoms with E-state index in [1.807, 2.05) is 17.8 Å². The van der Waals surface area contributed by atoms with Crippen LogP contribution in [0.4, 0.5) is 0 Å². The highest BCUT2D eigenvalue weighted by molar-refractivity contribution is 7.99. The molecule has 0 aromatic rings. The van der Waals surface area contributed by atoms with E-state index in [4.69, 9.17) is 0 Å². The van der Waals surface area contributed by atoms with Gasteiger partial charge in [-0.2, -0.15) is 11.8 Å². The Bertz CT molecular complexity index is 176. The maximum absolute atomic E-state index is 11.6. The van der Waals surface area contributed by atoms with Gasteiger partial charge in [-0.05, 0) is 12.8 Å². The summed E-state index contributed by atoms with van der Waals surface area (Å²) in [6, 6.07) is 0.114. The van der Waals surface area contributed by atoms with Gasteiger partial charge in [0.2, 0.25) is 0 Å². The van der Waals surface area contributed by atoms with Gasteiger partial charge in [-0.1, -0.05) is 6.08 Å². The molecule has 0 aliphatic carbocycles. The number of Topliss-reactive ketones (excluding diaryl/α,β-unsaturated/α-hetero) is 1. The van der Waals surface area contributed by atoms with Gasteiger partial charge in [-0.25, -0.2) is 0 Å². The highest BCUT2D eigenvalue weighted by atomic mass is 32.2. The van der Waals surface area contributed by atoms with Crippen molar-refractivity contribution in [3.63, 3.8) is 0 Å². The minimum Gasteiger partial charge on any atom is -0.306 e. The summed E-state index contributed by atoms with van der Waals surface area (Å²) in [6.07, 6.45) is 4.47. The number of allylic oxidation sites excluding steroid dienone is 1. The van der Waals surface area contributed by atoms with E-state index in [0.29, 0.717) is 12.2 Å². The quantitative estimate of drug-likeness (QED) is 0.539.